The summed E-state index contributed by atoms with van der Waals surface area (Å²) in [6.07, 6.45) is 1.13. The van der Waals surface area contributed by atoms with Gasteiger partial charge in [-0.2, -0.15) is 0 Å². The molecule has 0 aliphatic rings. The van der Waals surface area contributed by atoms with E-state index in [-0.39, 0.29) is 12.1 Å². The number of hydrogen-bond acceptors (Lipinski definition) is 3. The second-order valence-electron chi connectivity index (χ2n) is 5.09. The molecule has 2 aromatic rings. The van der Waals surface area contributed by atoms with Crippen molar-refractivity contribution in [3.63, 3.8) is 0 Å². The molecule has 3 N–H and O–H groups in total. The van der Waals surface area contributed by atoms with E-state index in [1.54, 1.807) is 18.2 Å². The summed E-state index contributed by atoms with van der Waals surface area (Å²) in [5.74, 6) is 0.491. The fourth-order valence-corrected chi connectivity index (χ4v) is 2.29. The minimum absolute atomic E-state index is 0.202. The number of aliphatic hydroxyl groups excluding tert-OH is 1. The molecule has 2 rings (SSSR count). The molecule has 0 bridgehead atoms. The molecule has 0 spiro atoms. The summed E-state index contributed by atoms with van der Waals surface area (Å²) >= 11 is 6.02. The number of hydrogen-bond donors (Lipinski definition) is 3. The van der Waals surface area contributed by atoms with Crippen LogP contribution in [-0.4, -0.2) is 17.2 Å². The first kappa shape index (κ1) is 16.4. The topological polar surface area (TPSA) is 74.5 Å². The average Bonchev–Trinajstić information content (AvgIpc) is 3.00. The second-order valence-corrected chi connectivity index (χ2v) is 5.49. The predicted octanol–water partition coefficient (Wildman–Crippen LogP) is 3.24. The van der Waals surface area contributed by atoms with Crippen LogP contribution < -0.4 is 10.6 Å². The molecular weight excluding hydrogens is 304 g/mol. The summed E-state index contributed by atoms with van der Waals surface area (Å²) in [5, 5.41) is 16.1. The second kappa shape index (κ2) is 7.87. The molecule has 0 radical (unpaired) electrons. The van der Waals surface area contributed by atoms with E-state index in [1.807, 2.05) is 25.1 Å². The lowest BCUT2D eigenvalue weighted by molar-refractivity contribution is 0.129. The zero-order valence-corrected chi connectivity index (χ0v) is 13.0. The van der Waals surface area contributed by atoms with E-state index in [1.165, 1.54) is 6.26 Å². The SMILES string of the molecule is CC(CC(O)c1ccco1)NC(=O)NCc1ccccc1Cl. The van der Waals surface area contributed by atoms with Crippen molar-refractivity contribution in [2.75, 3.05) is 0 Å². The molecule has 5 nitrogen and oxygen atoms in total. The van der Waals surface area contributed by atoms with E-state index in [0.29, 0.717) is 23.7 Å². The third-order valence-electron chi connectivity index (χ3n) is 3.22. The van der Waals surface area contributed by atoms with Gasteiger partial charge in [0, 0.05) is 24.0 Å². The maximum atomic E-state index is 11.8. The molecule has 0 aliphatic carbocycles. The molecular formula is C16H19ClN2O3. The number of carbonyl (C=O) groups excluding carboxylic acids is 1. The highest BCUT2D eigenvalue weighted by molar-refractivity contribution is 6.31. The Morgan fingerprint density at radius 3 is 2.77 bits per heavy atom. The minimum atomic E-state index is -0.742. The van der Waals surface area contributed by atoms with Gasteiger partial charge in [0.25, 0.3) is 0 Å². The summed E-state index contributed by atoms with van der Waals surface area (Å²) in [7, 11) is 0. The van der Waals surface area contributed by atoms with E-state index in [2.05, 4.69) is 10.6 Å². The van der Waals surface area contributed by atoms with Crippen LogP contribution in [0.3, 0.4) is 0 Å². The van der Waals surface area contributed by atoms with Crippen LogP contribution in [0, 0.1) is 0 Å². The number of amides is 2. The summed E-state index contributed by atoms with van der Waals surface area (Å²) in [6.45, 7) is 2.17. The molecule has 0 saturated carbocycles. The number of urea groups is 1. The van der Waals surface area contributed by atoms with Gasteiger partial charge >= 0.3 is 6.03 Å². The lowest BCUT2D eigenvalue weighted by Gasteiger charge is -2.17. The van der Waals surface area contributed by atoms with Gasteiger partial charge in [-0.25, -0.2) is 4.79 Å². The highest BCUT2D eigenvalue weighted by Gasteiger charge is 2.16. The lowest BCUT2D eigenvalue weighted by Crippen LogP contribution is -2.41. The molecule has 2 atom stereocenters. The van der Waals surface area contributed by atoms with Crippen LogP contribution in [0.4, 0.5) is 4.79 Å². The van der Waals surface area contributed by atoms with Gasteiger partial charge < -0.3 is 20.2 Å². The lowest BCUT2D eigenvalue weighted by atomic mass is 10.1. The molecule has 2 unspecified atom stereocenters. The smallest absolute Gasteiger partial charge is 0.315 e. The maximum absolute atomic E-state index is 11.8. The fourth-order valence-electron chi connectivity index (χ4n) is 2.08. The largest absolute Gasteiger partial charge is 0.467 e. The van der Waals surface area contributed by atoms with E-state index in [9.17, 15) is 9.90 Å². The maximum Gasteiger partial charge on any atom is 0.315 e. The Morgan fingerprint density at radius 2 is 2.09 bits per heavy atom. The van der Waals surface area contributed by atoms with Gasteiger partial charge in [0.1, 0.15) is 11.9 Å². The Labute approximate surface area is 134 Å². The van der Waals surface area contributed by atoms with Crippen molar-refractivity contribution < 1.29 is 14.3 Å². The Bertz CT molecular complexity index is 601. The molecule has 0 saturated heterocycles. The van der Waals surface area contributed by atoms with Gasteiger partial charge in [0.2, 0.25) is 0 Å². The number of aliphatic hydroxyl groups is 1. The highest BCUT2D eigenvalue weighted by Crippen LogP contribution is 2.18. The molecule has 118 valence electrons. The average molecular weight is 323 g/mol. The van der Waals surface area contributed by atoms with Crippen LogP contribution in [0.25, 0.3) is 0 Å². The summed E-state index contributed by atoms with van der Waals surface area (Å²) in [6, 6.07) is 10.2. The first-order chi connectivity index (χ1) is 10.6. The van der Waals surface area contributed by atoms with E-state index in [0.717, 1.165) is 5.56 Å². The zero-order chi connectivity index (χ0) is 15.9. The van der Waals surface area contributed by atoms with Gasteiger partial charge in [0.15, 0.2) is 0 Å². The first-order valence-corrected chi connectivity index (χ1v) is 7.43. The molecule has 2 amide bonds. The van der Waals surface area contributed by atoms with Gasteiger partial charge in [-0.1, -0.05) is 29.8 Å². The quantitative estimate of drug-likeness (QED) is 0.764. The number of nitrogens with one attached hydrogen (secondary N) is 2. The summed E-state index contributed by atoms with van der Waals surface area (Å²) in [5.41, 5.74) is 0.850. The van der Waals surface area contributed by atoms with E-state index >= 15 is 0 Å². The molecule has 0 aliphatic heterocycles. The van der Waals surface area contributed by atoms with Crippen molar-refractivity contribution in [3.8, 4) is 0 Å². The van der Waals surface area contributed by atoms with Crippen molar-refractivity contribution >= 4 is 17.6 Å². The number of halogens is 1. The number of rotatable bonds is 6. The molecule has 1 heterocycles. The van der Waals surface area contributed by atoms with E-state index in [4.69, 9.17) is 16.0 Å². The fraction of sp³-hybridized carbons (Fsp3) is 0.312. The minimum Gasteiger partial charge on any atom is -0.467 e. The number of furan rings is 1. The molecule has 0 fully saturated rings. The Balaban J connectivity index is 1.76. The monoisotopic (exact) mass is 322 g/mol. The van der Waals surface area contributed by atoms with Crippen LogP contribution >= 0.6 is 11.6 Å². The summed E-state index contributed by atoms with van der Waals surface area (Å²) < 4.78 is 5.13. The van der Waals surface area contributed by atoms with Crippen molar-refractivity contribution in [1.29, 1.82) is 0 Å². The van der Waals surface area contributed by atoms with Crippen molar-refractivity contribution in [2.24, 2.45) is 0 Å². The van der Waals surface area contributed by atoms with Gasteiger partial charge in [0.05, 0.1) is 6.26 Å². The third-order valence-corrected chi connectivity index (χ3v) is 3.59. The van der Waals surface area contributed by atoms with Crippen LogP contribution in [0.5, 0.6) is 0 Å². The van der Waals surface area contributed by atoms with Crippen LogP contribution in [0.15, 0.2) is 47.1 Å². The van der Waals surface area contributed by atoms with Crippen LogP contribution in [-0.2, 0) is 6.54 Å². The summed E-state index contributed by atoms with van der Waals surface area (Å²) in [4.78, 5) is 11.8. The Morgan fingerprint density at radius 1 is 1.32 bits per heavy atom. The first-order valence-electron chi connectivity index (χ1n) is 7.05. The number of benzene rings is 1. The van der Waals surface area contributed by atoms with Crippen LogP contribution in [0.2, 0.25) is 5.02 Å². The van der Waals surface area contributed by atoms with Gasteiger partial charge in [-0.3, -0.25) is 0 Å². The molecule has 22 heavy (non-hydrogen) atoms. The number of carbonyl (C=O) groups is 1. The standard InChI is InChI=1S/C16H19ClN2O3/c1-11(9-14(20)15-7-4-8-22-15)19-16(21)18-10-12-5-2-3-6-13(12)17/h2-8,11,14,20H,9-10H2,1H3,(H2,18,19,21). The normalized spacial score (nSPS) is 13.4. The highest BCUT2D eigenvalue weighted by atomic mass is 35.5. The molecule has 1 aromatic carbocycles. The molecule has 1 aromatic heterocycles. The zero-order valence-electron chi connectivity index (χ0n) is 12.3. The van der Waals surface area contributed by atoms with Crippen molar-refractivity contribution in [1.82, 2.24) is 10.6 Å². The Hall–Kier alpha value is -1.98. The van der Waals surface area contributed by atoms with Gasteiger partial charge in [-0.15, -0.1) is 0 Å². The predicted molar refractivity (Wildman–Crippen MR) is 84.6 cm³/mol. The van der Waals surface area contributed by atoms with Crippen molar-refractivity contribution in [3.05, 3.63) is 59.0 Å². The third kappa shape index (κ3) is 4.79. The van der Waals surface area contributed by atoms with Crippen molar-refractivity contribution in [2.45, 2.75) is 32.0 Å². The van der Waals surface area contributed by atoms with Crippen LogP contribution in [0.1, 0.15) is 30.8 Å². The van der Waals surface area contributed by atoms with E-state index < -0.39 is 6.10 Å². The van der Waals surface area contributed by atoms with Gasteiger partial charge in [-0.05, 0) is 30.7 Å². The Kier molecular flexibility index (Phi) is 5.86. The molecule has 6 heteroatoms.